The Kier molecular flexibility index (Phi) is 4.59. The summed E-state index contributed by atoms with van der Waals surface area (Å²) in [6.07, 6.45) is 2.69. The highest BCUT2D eigenvalue weighted by atomic mass is 15.3. The van der Waals surface area contributed by atoms with Crippen molar-refractivity contribution in [3.8, 4) is 0 Å². The first-order valence-electron chi connectivity index (χ1n) is 8.00. The van der Waals surface area contributed by atoms with Gasteiger partial charge in [-0.3, -0.25) is 9.80 Å². The maximum absolute atomic E-state index is 2.78. The van der Waals surface area contributed by atoms with Gasteiger partial charge in [0.25, 0.3) is 0 Å². The predicted octanol–water partition coefficient (Wildman–Crippen LogP) is 2.27. The second-order valence-electron chi connectivity index (χ2n) is 7.72. The summed E-state index contributed by atoms with van der Waals surface area (Å²) < 4.78 is 0. The largest absolute Gasteiger partial charge is 0.301 e. The number of likely N-dealkylation sites (tertiary alicyclic amines) is 1. The molecule has 0 aromatic rings. The van der Waals surface area contributed by atoms with Crippen LogP contribution in [0.3, 0.4) is 0 Å². The number of hydrogen-bond donors (Lipinski definition) is 0. The third-order valence-corrected chi connectivity index (χ3v) is 5.23. The molecule has 112 valence electrons. The van der Waals surface area contributed by atoms with E-state index in [0.29, 0.717) is 17.6 Å². The lowest BCUT2D eigenvalue weighted by Crippen LogP contribution is -2.60. The first-order chi connectivity index (χ1) is 8.79. The standard InChI is InChI=1S/C16H33N3/c1-13-12-19(14(2)11-17(13)6)15-7-9-18(10-8-15)16(3,4)5/h13-15H,7-12H2,1-6H3/t13-,14-/m1/s1. The Hall–Kier alpha value is -0.120. The van der Waals surface area contributed by atoms with E-state index >= 15 is 0 Å². The van der Waals surface area contributed by atoms with Crippen LogP contribution in [0, 0.1) is 0 Å². The molecule has 2 rings (SSSR count). The number of likely N-dealkylation sites (N-methyl/N-ethyl adjacent to an activating group) is 1. The van der Waals surface area contributed by atoms with Gasteiger partial charge in [-0.1, -0.05) is 0 Å². The van der Waals surface area contributed by atoms with Crippen LogP contribution in [0.15, 0.2) is 0 Å². The summed E-state index contributed by atoms with van der Waals surface area (Å²) >= 11 is 0. The van der Waals surface area contributed by atoms with Crippen LogP contribution in [0.4, 0.5) is 0 Å². The van der Waals surface area contributed by atoms with E-state index in [1.807, 2.05) is 0 Å². The molecule has 0 saturated carbocycles. The van der Waals surface area contributed by atoms with Crippen molar-refractivity contribution in [2.45, 2.75) is 71.1 Å². The summed E-state index contributed by atoms with van der Waals surface area (Å²) in [6.45, 7) is 16.8. The topological polar surface area (TPSA) is 9.72 Å². The van der Waals surface area contributed by atoms with Gasteiger partial charge in [0, 0.05) is 49.8 Å². The number of piperazine rings is 1. The van der Waals surface area contributed by atoms with Crippen molar-refractivity contribution in [3.63, 3.8) is 0 Å². The van der Waals surface area contributed by atoms with Crippen LogP contribution in [-0.4, -0.2) is 71.6 Å². The van der Waals surface area contributed by atoms with Gasteiger partial charge in [0.15, 0.2) is 0 Å². The van der Waals surface area contributed by atoms with Gasteiger partial charge in [0.1, 0.15) is 0 Å². The van der Waals surface area contributed by atoms with Crippen molar-refractivity contribution in [2.75, 3.05) is 33.2 Å². The summed E-state index contributed by atoms with van der Waals surface area (Å²) in [5.74, 6) is 0. The number of rotatable bonds is 1. The smallest absolute Gasteiger partial charge is 0.0198 e. The van der Waals surface area contributed by atoms with Crippen LogP contribution in [-0.2, 0) is 0 Å². The van der Waals surface area contributed by atoms with Crippen molar-refractivity contribution in [1.29, 1.82) is 0 Å². The lowest BCUT2D eigenvalue weighted by Gasteiger charge is -2.49. The summed E-state index contributed by atoms with van der Waals surface area (Å²) in [5.41, 5.74) is 0.339. The van der Waals surface area contributed by atoms with Gasteiger partial charge in [-0.05, 0) is 54.5 Å². The number of piperidine rings is 1. The average Bonchev–Trinajstić information content (AvgIpc) is 2.33. The molecule has 2 aliphatic heterocycles. The molecule has 0 radical (unpaired) electrons. The van der Waals surface area contributed by atoms with E-state index in [1.54, 1.807) is 0 Å². The molecule has 2 heterocycles. The molecule has 3 nitrogen and oxygen atoms in total. The van der Waals surface area contributed by atoms with E-state index < -0.39 is 0 Å². The molecule has 0 amide bonds. The van der Waals surface area contributed by atoms with Gasteiger partial charge in [-0.2, -0.15) is 0 Å². The quantitative estimate of drug-likeness (QED) is 0.721. The summed E-state index contributed by atoms with van der Waals surface area (Å²) in [5, 5.41) is 0. The molecule has 2 aliphatic rings. The van der Waals surface area contributed by atoms with Crippen LogP contribution in [0.1, 0.15) is 47.5 Å². The van der Waals surface area contributed by atoms with Gasteiger partial charge in [-0.25, -0.2) is 0 Å². The molecule has 0 aliphatic carbocycles. The number of hydrogen-bond acceptors (Lipinski definition) is 3. The Morgan fingerprint density at radius 3 is 2.00 bits per heavy atom. The minimum atomic E-state index is 0.339. The molecule has 3 heteroatoms. The first kappa shape index (κ1) is 15.3. The zero-order chi connectivity index (χ0) is 14.2. The molecule has 19 heavy (non-hydrogen) atoms. The Labute approximate surface area is 119 Å². The minimum absolute atomic E-state index is 0.339. The average molecular weight is 267 g/mol. The van der Waals surface area contributed by atoms with Crippen LogP contribution >= 0.6 is 0 Å². The monoisotopic (exact) mass is 267 g/mol. The lowest BCUT2D eigenvalue weighted by atomic mass is 9.95. The fourth-order valence-electron chi connectivity index (χ4n) is 3.70. The zero-order valence-corrected chi connectivity index (χ0v) is 13.8. The fraction of sp³-hybridized carbons (Fsp3) is 1.00. The Balaban J connectivity index is 1.91. The van der Waals surface area contributed by atoms with E-state index in [-0.39, 0.29) is 0 Å². The predicted molar refractivity (Wildman–Crippen MR) is 82.6 cm³/mol. The lowest BCUT2D eigenvalue weighted by molar-refractivity contribution is -0.00724. The van der Waals surface area contributed by atoms with E-state index in [0.717, 1.165) is 6.04 Å². The fourth-order valence-corrected chi connectivity index (χ4v) is 3.70. The summed E-state index contributed by atoms with van der Waals surface area (Å²) in [7, 11) is 2.26. The molecule has 0 unspecified atom stereocenters. The molecule has 2 saturated heterocycles. The molecular weight excluding hydrogens is 234 g/mol. The summed E-state index contributed by atoms with van der Waals surface area (Å²) in [6, 6.07) is 2.23. The number of nitrogens with zero attached hydrogens (tertiary/aromatic N) is 3. The van der Waals surface area contributed by atoms with Gasteiger partial charge >= 0.3 is 0 Å². The van der Waals surface area contributed by atoms with Crippen LogP contribution in [0.5, 0.6) is 0 Å². The maximum atomic E-state index is 2.78. The Bertz CT molecular complexity index is 289. The maximum Gasteiger partial charge on any atom is 0.0198 e. The molecule has 0 aromatic carbocycles. The van der Waals surface area contributed by atoms with E-state index in [4.69, 9.17) is 0 Å². The Morgan fingerprint density at radius 2 is 1.47 bits per heavy atom. The molecule has 0 bridgehead atoms. The third kappa shape index (κ3) is 3.50. The molecular formula is C16H33N3. The SMILES string of the molecule is C[C@@H]1CN(C2CCN(C(C)(C)C)CC2)[C@H](C)CN1C. The Morgan fingerprint density at radius 1 is 0.895 bits per heavy atom. The molecule has 2 atom stereocenters. The summed E-state index contributed by atoms with van der Waals surface area (Å²) in [4.78, 5) is 7.93. The highest BCUT2D eigenvalue weighted by molar-refractivity contribution is 4.91. The van der Waals surface area contributed by atoms with Crippen molar-refractivity contribution >= 4 is 0 Å². The van der Waals surface area contributed by atoms with Gasteiger partial charge in [0.2, 0.25) is 0 Å². The van der Waals surface area contributed by atoms with Crippen molar-refractivity contribution in [3.05, 3.63) is 0 Å². The van der Waals surface area contributed by atoms with Gasteiger partial charge in [-0.15, -0.1) is 0 Å². The van der Waals surface area contributed by atoms with Gasteiger partial charge in [0.05, 0.1) is 0 Å². The van der Waals surface area contributed by atoms with Gasteiger partial charge < -0.3 is 4.90 Å². The minimum Gasteiger partial charge on any atom is -0.301 e. The van der Waals surface area contributed by atoms with Crippen LogP contribution in [0.2, 0.25) is 0 Å². The highest BCUT2D eigenvalue weighted by Crippen LogP contribution is 2.26. The second-order valence-corrected chi connectivity index (χ2v) is 7.72. The van der Waals surface area contributed by atoms with Crippen molar-refractivity contribution in [1.82, 2.24) is 14.7 Å². The van der Waals surface area contributed by atoms with E-state index in [2.05, 4.69) is 56.4 Å². The molecule has 0 spiro atoms. The first-order valence-corrected chi connectivity index (χ1v) is 8.00. The molecule has 2 fully saturated rings. The van der Waals surface area contributed by atoms with Crippen LogP contribution < -0.4 is 0 Å². The highest BCUT2D eigenvalue weighted by Gasteiger charge is 2.35. The third-order valence-electron chi connectivity index (χ3n) is 5.23. The van der Waals surface area contributed by atoms with E-state index in [9.17, 15) is 0 Å². The van der Waals surface area contributed by atoms with Crippen LogP contribution in [0.25, 0.3) is 0 Å². The van der Waals surface area contributed by atoms with Crippen molar-refractivity contribution < 1.29 is 0 Å². The molecule has 0 aromatic heterocycles. The normalized spacial score (nSPS) is 33.8. The second kappa shape index (κ2) is 5.71. The van der Waals surface area contributed by atoms with E-state index in [1.165, 1.54) is 39.0 Å². The van der Waals surface area contributed by atoms with Crippen molar-refractivity contribution in [2.24, 2.45) is 0 Å². The zero-order valence-electron chi connectivity index (χ0n) is 13.8. The molecule has 0 N–H and O–H groups in total.